The molecule has 0 aliphatic heterocycles. The lowest BCUT2D eigenvalue weighted by molar-refractivity contribution is -0.143. The molecule has 0 aliphatic rings. The van der Waals surface area contributed by atoms with E-state index >= 15 is 0 Å². The van der Waals surface area contributed by atoms with Gasteiger partial charge in [0, 0.05) is 20.6 Å². The summed E-state index contributed by atoms with van der Waals surface area (Å²) in [5, 5.41) is 2.72. The van der Waals surface area contributed by atoms with Crippen LogP contribution in [0.1, 0.15) is 32.4 Å². The van der Waals surface area contributed by atoms with E-state index in [1.54, 1.807) is 25.6 Å². The summed E-state index contributed by atoms with van der Waals surface area (Å²) in [6, 6.07) is 9.14. The molecule has 152 valence electrons. The molecule has 0 aliphatic carbocycles. The molecule has 0 saturated carbocycles. The number of amides is 1. The number of esters is 1. The average Bonchev–Trinajstić information content (AvgIpc) is 2.85. The first-order valence-corrected chi connectivity index (χ1v) is 8.92. The number of carbonyl (C=O) groups excluding carboxylic acids is 2. The van der Waals surface area contributed by atoms with Gasteiger partial charge >= 0.3 is 5.97 Å². The number of anilines is 1. The summed E-state index contributed by atoms with van der Waals surface area (Å²) in [5.74, 6) is -0.738. The molecule has 28 heavy (non-hydrogen) atoms. The van der Waals surface area contributed by atoms with Gasteiger partial charge in [-0.05, 0) is 17.5 Å². The predicted octanol–water partition coefficient (Wildman–Crippen LogP) is 2.24. The van der Waals surface area contributed by atoms with Gasteiger partial charge in [0.15, 0.2) is 0 Å². The third-order valence-electron chi connectivity index (χ3n) is 4.42. The minimum Gasteiger partial charge on any atom is -0.469 e. The van der Waals surface area contributed by atoms with Crippen LogP contribution in [0.5, 0.6) is 0 Å². The van der Waals surface area contributed by atoms with E-state index in [4.69, 9.17) is 4.74 Å². The Morgan fingerprint density at radius 2 is 1.75 bits per heavy atom. The lowest BCUT2D eigenvalue weighted by atomic mass is 9.85. The van der Waals surface area contributed by atoms with Crippen molar-refractivity contribution >= 4 is 17.6 Å². The van der Waals surface area contributed by atoms with Crippen LogP contribution in [0, 0.1) is 5.41 Å². The number of nitrogens with one attached hydrogen (secondary N) is 1. The van der Waals surface area contributed by atoms with E-state index in [1.807, 2.05) is 30.3 Å². The number of nitrogens with zero attached hydrogens (tertiary/aromatic N) is 2. The number of aromatic nitrogens is 2. The molecule has 0 atom stereocenters. The highest BCUT2D eigenvalue weighted by Gasteiger charge is 2.28. The van der Waals surface area contributed by atoms with Crippen molar-refractivity contribution in [2.24, 2.45) is 12.5 Å². The molecule has 0 bridgehead atoms. The van der Waals surface area contributed by atoms with Gasteiger partial charge in [0.2, 0.25) is 5.91 Å². The largest absolute Gasteiger partial charge is 0.469 e. The fourth-order valence-electron chi connectivity index (χ4n) is 3.08. The Kier molecular flexibility index (Phi) is 6.80. The molecule has 2 aromatic rings. The normalized spacial score (nSPS) is 11.3. The maximum atomic E-state index is 13.0. The number of hydrogen-bond acceptors (Lipinski definition) is 5. The Labute approximate surface area is 164 Å². The molecule has 0 radical (unpaired) electrons. The summed E-state index contributed by atoms with van der Waals surface area (Å²) in [5.41, 5.74) is 0.451. The smallest absolute Gasteiger partial charge is 0.306 e. The van der Waals surface area contributed by atoms with Gasteiger partial charge in [0.05, 0.1) is 31.5 Å². The maximum absolute atomic E-state index is 13.0. The molecule has 0 fully saturated rings. The fraction of sp³-hybridized carbons (Fsp3) is 0.450. The topological polar surface area (TPSA) is 91.6 Å². The maximum Gasteiger partial charge on any atom is 0.306 e. The molecule has 1 aromatic carbocycles. The highest BCUT2D eigenvalue weighted by Crippen LogP contribution is 2.26. The van der Waals surface area contributed by atoms with Crippen molar-refractivity contribution in [3.8, 4) is 5.69 Å². The van der Waals surface area contributed by atoms with Crippen molar-refractivity contribution in [2.45, 2.75) is 33.3 Å². The lowest BCUT2D eigenvalue weighted by Gasteiger charge is -2.22. The van der Waals surface area contributed by atoms with E-state index in [1.165, 1.54) is 18.9 Å². The zero-order valence-corrected chi connectivity index (χ0v) is 16.9. The van der Waals surface area contributed by atoms with Gasteiger partial charge < -0.3 is 14.8 Å². The van der Waals surface area contributed by atoms with Crippen molar-refractivity contribution < 1.29 is 19.1 Å². The number of methoxy groups -OCH3 is 2. The molecule has 1 heterocycles. The molecule has 1 amide bonds. The van der Waals surface area contributed by atoms with Gasteiger partial charge in [-0.15, -0.1) is 0 Å². The van der Waals surface area contributed by atoms with E-state index in [0.29, 0.717) is 11.4 Å². The molecule has 0 saturated heterocycles. The van der Waals surface area contributed by atoms with Crippen molar-refractivity contribution in [1.82, 2.24) is 9.36 Å². The number of carbonyl (C=O) groups is 2. The van der Waals surface area contributed by atoms with Crippen LogP contribution in [0.2, 0.25) is 0 Å². The molecular formula is C20H27N3O5. The zero-order valence-electron chi connectivity index (χ0n) is 16.9. The molecule has 1 N–H and O–H groups in total. The van der Waals surface area contributed by atoms with Gasteiger partial charge in [0.1, 0.15) is 5.69 Å². The highest BCUT2D eigenvalue weighted by molar-refractivity contribution is 5.92. The van der Waals surface area contributed by atoms with Gasteiger partial charge in [0.25, 0.3) is 5.56 Å². The molecular weight excluding hydrogens is 362 g/mol. The van der Waals surface area contributed by atoms with Crippen LogP contribution in [0.4, 0.5) is 5.69 Å². The standard InChI is InChI=1S/C20H27N3O5/c1-20(2,12-17(25)28-5)11-16(24)21-18-15(13-27-4)22(3)23(19(18)26)14-9-7-6-8-10-14/h6-10H,11-13H2,1-5H3,(H,21,24). The first-order chi connectivity index (χ1) is 13.2. The van der Waals surface area contributed by atoms with Gasteiger partial charge in [-0.25, -0.2) is 4.68 Å². The van der Waals surface area contributed by atoms with E-state index in [0.717, 1.165) is 0 Å². The third-order valence-corrected chi connectivity index (χ3v) is 4.42. The number of para-hydroxylation sites is 1. The second kappa shape index (κ2) is 8.88. The Morgan fingerprint density at radius 1 is 1.11 bits per heavy atom. The predicted molar refractivity (Wildman–Crippen MR) is 105 cm³/mol. The van der Waals surface area contributed by atoms with Crippen LogP contribution in [0.15, 0.2) is 35.1 Å². The molecule has 2 rings (SSSR count). The minimum atomic E-state index is -0.605. The van der Waals surface area contributed by atoms with Crippen molar-refractivity contribution in [3.05, 3.63) is 46.4 Å². The number of rotatable bonds is 8. The summed E-state index contributed by atoms with van der Waals surface area (Å²) in [6.45, 7) is 3.76. The molecule has 8 heteroatoms. The summed E-state index contributed by atoms with van der Waals surface area (Å²) < 4.78 is 13.0. The summed E-state index contributed by atoms with van der Waals surface area (Å²) in [6.07, 6.45) is 0.166. The molecule has 1 aromatic heterocycles. The van der Waals surface area contributed by atoms with Crippen LogP contribution < -0.4 is 10.9 Å². The second-order valence-electron chi connectivity index (χ2n) is 7.37. The van der Waals surface area contributed by atoms with Crippen molar-refractivity contribution in [1.29, 1.82) is 0 Å². The van der Waals surface area contributed by atoms with Gasteiger partial charge in [-0.1, -0.05) is 32.0 Å². The minimum absolute atomic E-state index is 0.0637. The van der Waals surface area contributed by atoms with E-state index in [-0.39, 0.29) is 42.6 Å². The van der Waals surface area contributed by atoms with E-state index in [2.05, 4.69) is 10.1 Å². The summed E-state index contributed by atoms with van der Waals surface area (Å²) in [7, 11) is 4.57. The first kappa shape index (κ1) is 21.4. The van der Waals surface area contributed by atoms with Crippen LogP contribution in [-0.4, -0.2) is 35.5 Å². The number of ether oxygens (including phenoxy) is 2. The molecule has 0 unspecified atom stereocenters. The highest BCUT2D eigenvalue weighted by atomic mass is 16.5. The molecule has 0 spiro atoms. The third kappa shape index (κ3) is 4.89. The lowest BCUT2D eigenvalue weighted by Crippen LogP contribution is -2.27. The quantitative estimate of drug-likeness (QED) is 0.699. The summed E-state index contributed by atoms with van der Waals surface area (Å²) >= 11 is 0. The number of hydrogen-bond donors (Lipinski definition) is 1. The van der Waals surface area contributed by atoms with Crippen molar-refractivity contribution in [2.75, 3.05) is 19.5 Å². The van der Waals surface area contributed by atoms with Gasteiger partial charge in [-0.2, -0.15) is 0 Å². The SMILES string of the molecule is COCc1c(NC(=O)CC(C)(C)CC(=O)OC)c(=O)n(-c2ccccc2)n1C. The summed E-state index contributed by atoms with van der Waals surface area (Å²) in [4.78, 5) is 37.1. The second-order valence-corrected chi connectivity index (χ2v) is 7.37. The monoisotopic (exact) mass is 389 g/mol. The van der Waals surface area contributed by atoms with E-state index < -0.39 is 5.41 Å². The number of benzene rings is 1. The Morgan fingerprint density at radius 3 is 2.32 bits per heavy atom. The zero-order chi connectivity index (χ0) is 20.9. The van der Waals surface area contributed by atoms with Crippen LogP contribution in [0.25, 0.3) is 5.69 Å². The Bertz CT molecular complexity index is 897. The van der Waals surface area contributed by atoms with Gasteiger partial charge in [-0.3, -0.25) is 19.1 Å². The van der Waals surface area contributed by atoms with Crippen LogP contribution in [0.3, 0.4) is 0 Å². The van der Waals surface area contributed by atoms with Crippen molar-refractivity contribution in [3.63, 3.8) is 0 Å². The van der Waals surface area contributed by atoms with E-state index in [9.17, 15) is 14.4 Å². The fourth-order valence-corrected chi connectivity index (χ4v) is 3.08. The Hall–Kier alpha value is -2.87. The van der Waals surface area contributed by atoms with Crippen LogP contribution >= 0.6 is 0 Å². The Balaban J connectivity index is 2.33. The van der Waals surface area contributed by atoms with Crippen LogP contribution in [-0.2, 0) is 32.7 Å². The first-order valence-electron chi connectivity index (χ1n) is 8.92. The average molecular weight is 389 g/mol. The molecule has 8 nitrogen and oxygen atoms in total.